The van der Waals surface area contributed by atoms with E-state index in [1.807, 2.05) is 42.5 Å². The van der Waals surface area contributed by atoms with E-state index in [2.05, 4.69) is 24.4 Å². The molecule has 3 aromatic rings. The van der Waals surface area contributed by atoms with Crippen molar-refractivity contribution in [3.63, 3.8) is 0 Å². The van der Waals surface area contributed by atoms with Gasteiger partial charge in [0, 0.05) is 17.7 Å². The summed E-state index contributed by atoms with van der Waals surface area (Å²) in [5.41, 5.74) is 3.81. The summed E-state index contributed by atoms with van der Waals surface area (Å²) in [6.07, 6.45) is 1.29. The fourth-order valence-electron chi connectivity index (χ4n) is 2.91. The molecule has 3 rings (SSSR count). The average molecular weight is 347 g/mol. The second-order valence-electron chi connectivity index (χ2n) is 6.29. The van der Waals surface area contributed by atoms with E-state index in [1.165, 1.54) is 29.8 Å². The summed E-state index contributed by atoms with van der Waals surface area (Å²) < 4.78 is 13.1. The van der Waals surface area contributed by atoms with E-state index in [1.54, 1.807) is 0 Å². The maximum atomic E-state index is 13.1. The molecule has 0 heterocycles. The number of carbonyl (C=O) groups excluding carboxylic acids is 1. The summed E-state index contributed by atoms with van der Waals surface area (Å²) >= 11 is 0. The first-order valence-corrected chi connectivity index (χ1v) is 8.85. The van der Waals surface area contributed by atoms with E-state index >= 15 is 0 Å². The molecule has 1 unspecified atom stereocenters. The first-order valence-electron chi connectivity index (χ1n) is 8.85. The van der Waals surface area contributed by atoms with Gasteiger partial charge in [-0.05, 0) is 53.9 Å². The lowest BCUT2D eigenvalue weighted by Gasteiger charge is -2.20. The molecule has 0 saturated heterocycles. The van der Waals surface area contributed by atoms with Crippen molar-refractivity contribution >= 4 is 11.5 Å². The number of hydrogen-bond donors (Lipinski definition) is 1. The van der Waals surface area contributed by atoms with Crippen LogP contribution < -0.4 is 5.32 Å². The number of halogens is 1. The van der Waals surface area contributed by atoms with E-state index < -0.39 is 0 Å². The number of Topliss-reactive ketones (excluding diaryl/α,β-unsaturated/α-hetero) is 1. The summed E-state index contributed by atoms with van der Waals surface area (Å²) in [6, 6.07) is 23.7. The Morgan fingerprint density at radius 2 is 1.58 bits per heavy atom. The number of rotatable bonds is 7. The smallest absolute Gasteiger partial charge is 0.165 e. The largest absolute Gasteiger partial charge is 0.378 e. The van der Waals surface area contributed by atoms with Crippen LogP contribution in [0.2, 0.25) is 0 Å². The third kappa shape index (κ3) is 4.57. The summed E-state index contributed by atoms with van der Waals surface area (Å²) in [4.78, 5) is 12.7. The average Bonchev–Trinajstić information content (AvgIpc) is 2.69. The van der Waals surface area contributed by atoms with Gasteiger partial charge in [-0.1, -0.05) is 49.4 Å². The molecule has 1 atom stereocenters. The third-order valence-electron chi connectivity index (χ3n) is 4.46. The minimum absolute atomic E-state index is 0.0171. The Morgan fingerprint density at radius 1 is 0.923 bits per heavy atom. The normalized spacial score (nSPS) is 11.8. The predicted molar refractivity (Wildman–Crippen MR) is 104 cm³/mol. The molecule has 0 aromatic heterocycles. The van der Waals surface area contributed by atoms with Crippen molar-refractivity contribution in [2.75, 3.05) is 5.32 Å². The van der Waals surface area contributed by atoms with Crippen molar-refractivity contribution in [3.05, 3.63) is 101 Å². The number of hydrogen-bond acceptors (Lipinski definition) is 2. The van der Waals surface area contributed by atoms with Crippen LogP contribution in [-0.2, 0) is 6.42 Å². The number of aryl methyl sites for hydroxylation is 1. The Balaban J connectivity index is 1.81. The second-order valence-corrected chi connectivity index (χ2v) is 6.29. The van der Waals surface area contributed by atoms with Crippen molar-refractivity contribution < 1.29 is 9.18 Å². The highest BCUT2D eigenvalue weighted by molar-refractivity contribution is 5.96. The van der Waals surface area contributed by atoms with E-state index in [4.69, 9.17) is 0 Å². The molecule has 0 spiro atoms. The second kappa shape index (κ2) is 8.43. The monoisotopic (exact) mass is 347 g/mol. The fourth-order valence-corrected chi connectivity index (χ4v) is 2.91. The van der Waals surface area contributed by atoms with E-state index in [0.29, 0.717) is 12.0 Å². The highest BCUT2D eigenvalue weighted by Gasteiger charge is 2.17. The summed E-state index contributed by atoms with van der Waals surface area (Å²) in [5.74, 6) is -0.355. The highest BCUT2D eigenvalue weighted by Crippen LogP contribution is 2.25. The van der Waals surface area contributed by atoms with Gasteiger partial charge in [-0.15, -0.1) is 0 Å². The minimum atomic E-state index is -0.338. The van der Waals surface area contributed by atoms with Crippen LogP contribution in [0, 0.1) is 5.82 Å². The lowest BCUT2D eigenvalue weighted by molar-refractivity contribution is 0.0976. The molecule has 0 amide bonds. The Kier molecular flexibility index (Phi) is 5.80. The molecule has 26 heavy (non-hydrogen) atoms. The van der Waals surface area contributed by atoms with Gasteiger partial charge in [-0.25, -0.2) is 4.39 Å². The van der Waals surface area contributed by atoms with Crippen LogP contribution in [0.3, 0.4) is 0 Å². The number of ketones is 1. The molecule has 0 aliphatic heterocycles. The van der Waals surface area contributed by atoms with Crippen LogP contribution in [0.4, 0.5) is 10.1 Å². The van der Waals surface area contributed by atoms with Crippen LogP contribution in [0.15, 0.2) is 78.9 Å². The molecule has 132 valence electrons. The zero-order valence-electron chi connectivity index (χ0n) is 14.8. The SMILES string of the molecule is CCc1ccc(NC(CC(=O)c2ccc(F)cc2)c2ccccc2)cc1. The molecular weight excluding hydrogens is 325 g/mol. The van der Waals surface area contributed by atoms with Crippen LogP contribution in [0.5, 0.6) is 0 Å². The van der Waals surface area contributed by atoms with Crippen molar-refractivity contribution in [1.82, 2.24) is 0 Å². The zero-order valence-corrected chi connectivity index (χ0v) is 14.8. The van der Waals surface area contributed by atoms with E-state index in [0.717, 1.165) is 17.7 Å². The Labute approximate surface area is 153 Å². The molecule has 3 heteroatoms. The van der Waals surface area contributed by atoms with E-state index in [9.17, 15) is 9.18 Å². The maximum Gasteiger partial charge on any atom is 0.165 e. The molecule has 1 N–H and O–H groups in total. The first-order chi connectivity index (χ1) is 12.7. The molecule has 0 aliphatic carbocycles. The molecule has 0 fully saturated rings. The van der Waals surface area contributed by atoms with Gasteiger partial charge in [0.1, 0.15) is 5.82 Å². The fraction of sp³-hybridized carbons (Fsp3) is 0.174. The lowest BCUT2D eigenvalue weighted by Crippen LogP contribution is -2.16. The van der Waals surface area contributed by atoms with Gasteiger partial charge in [0.2, 0.25) is 0 Å². The lowest BCUT2D eigenvalue weighted by atomic mass is 9.97. The van der Waals surface area contributed by atoms with Gasteiger partial charge in [0.25, 0.3) is 0 Å². The Morgan fingerprint density at radius 3 is 2.19 bits per heavy atom. The summed E-state index contributed by atoms with van der Waals surface area (Å²) in [6.45, 7) is 2.12. The number of anilines is 1. The zero-order chi connectivity index (χ0) is 18.4. The quantitative estimate of drug-likeness (QED) is 0.546. The van der Waals surface area contributed by atoms with Gasteiger partial charge in [-0.3, -0.25) is 4.79 Å². The highest BCUT2D eigenvalue weighted by atomic mass is 19.1. The number of nitrogens with one attached hydrogen (secondary N) is 1. The molecule has 0 bridgehead atoms. The van der Waals surface area contributed by atoms with Gasteiger partial charge in [0.15, 0.2) is 5.78 Å². The number of carbonyl (C=O) groups is 1. The van der Waals surface area contributed by atoms with Gasteiger partial charge in [-0.2, -0.15) is 0 Å². The van der Waals surface area contributed by atoms with Crippen LogP contribution in [0.25, 0.3) is 0 Å². The van der Waals surface area contributed by atoms with E-state index in [-0.39, 0.29) is 17.6 Å². The molecule has 3 aromatic carbocycles. The maximum absolute atomic E-state index is 13.1. The summed E-state index contributed by atoms with van der Waals surface area (Å²) in [5, 5.41) is 3.46. The van der Waals surface area contributed by atoms with Crippen LogP contribution in [-0.4, -0.2) is 5.78 Å². The predicted octanol–water partition coefficient (Wildman–Crippen LogP) is 5.81. The molecular formula is C23H22FNO. The topological polar surface area (TPSA) is 29.1 Å². The van der Waals surface area contributed by atoms with Gasteiger partial charge < -0.3 is 5.32 Å². The molecule has 0 radical (unpaired) electrons. The van der Waals surface area contributed by atoms with Crippen molar-refractivity contribution in [2.45, 2.75) is 25.8 Å². The van der Waals surface area contributed by atoms with Crippen molar-refractivity contribution in [2.24, 2.45) is 0 Å². The number of benzene rings is 3. The van der Waals surface area contributed by atoms with Crippen molar-refractivity contribution in [1.29, 1.82) is 0 Å². The van der Waals surface area contributed by atoms with Gasteiger partial charge in [0.05, 0.1) is 6.04 Å². The molecule has 0 saturated carbocycles. The van der Waals surface area contributed by atoms with Crippen molar-refractivity contribution in [3.8, 4) is 0 Å². The summed E-state index contributed by atoms with van der Waals surface area (Å²) in [7, 11) is 0. The third-order valence-corrected chi connectivity index (χ3v) is 4.46. The molecule has 0 aliphatic rings. The molecule has 2 nitrogen and oxygen atoms in total. The first kappa shape index (κ1) is 17.9. The van der Waals surface area contributed by atoms with Crippen LogP contribution in [0.1, 0.15) is 40.9 Å². The standard InChI is InChI=1S/C23H22FNO/c1-2-17-8-14-21(15-9-17)25-22(18-6-4-3-5-7-18)16-23(26)19-10-12-20(24)13-11-19/h3-15,22,25H,2,16H2,1H3. The Hall–Kier alpha value is -2.94. The minimum Gasteiger partial charge on any atom is -0.378 e. The Bertz CT molecular complexity index is 842. The van der Waals surface area contributed by atoms with Gasteiger partial charge >= 0.3 is 0 Å². The van der Waals surface area contributed by atoms with Crippen LogP contribution >= 0.6 is 0 Å².